The molecule has 0 aromatic rings. The maximum absolute atomic E-state index is 8.95. The predicted molar refractivity (Wildman–Crippen MR) is 45.7 cm³/mol. The molecule has 2 atom stereocenters. The van der Waals surface area contributed by atoms with E-state index in [2.05, 4.69) is 6.58 Å². The van der Waals surface area contributed by atoms with Crippen LogP contribution < -0.4 is 0 Å². The lowest BCUT2D eigenvalue weighted by Crippen LogP contribution is -2.27. The molecule has 0 bridgehead atoms. The van der Waals surface area contributed by atoms with Gasteiger partial charge in [0.05, 0.1) is 19.3 Å². The van der Waals surface area contributed by atoms with E-state index in [4.69, 9.17) is 14.6 Å². The molecule has 12 heavy (non-hydrogen) atoms. The summed E-state index contributed by atoms with van der Waals surface area (Å²) in [7, 11) is 0. The Labute approximate surface area is 73.0 Å². The van der Waals surface area contributed by atoms with Gasteiger partial charge in [-0.1, -0.05) is 6.08 Å². The minimum atomic E-state index is -0.513. The Bertz CT molecular complexity index is 165. The van der Waals surface area contributed by atoms with Crippen molar-refractivity contribution in [2.24, 2.45) is 5.92 Å². The van der Waals surface area contributed by atoms with Crippen LogP contribution in [0.2, 0.25) is 0 Å². The predicted octanol–water partition coefficient (Wildman–Crippen LogP) is 0.932. The molecule has 1 rings (SSSR count). The van der Waals surface area contributed by atoms with Gasteiger partial charge in [-0.15, -0.1) is 6.58 Å². The Kier molecular flexibility index (Phi) is 2.88. The van der Waals surface area contributed by atoms with Gasteiger partial charge in [-0.2, -0.15) is 0 Å². The third-order valence-corrected chi connectivity index (χ3v) is 2.02. The summed E-state index contributed by atoms with van der Waals surface area (Å²) in [5, 5.41) is 8.95. The molecule has 0 aromatic carbocycles. The fourth-order valence-corrected chi connectivity index (χ4v) is 1.27. The van der Waals surface area contributed by atoms with Gasteiger partial charge in [-0.25, -0.2) is 0 Å². The molecule has 1 fully saturated rings. The number of rotatable bonds is 3. The zero-order valence-electron chi connectivity index (χ0n) is 7.62. The van der Waals surface area contributed by atoms with Gasteiger partial charge in [-0.3, -0.25) is 0 Å². The standard InChI is InChI=1S/C9H16O3/c1-4-7(5-10)8-6-11-9(2,3)12-8/h4,7-8,10H,1,5-6H2,2-3H3/t7-,8+/m0/s1. The number of hydrogen-bond donors (Lipinski definition) is 1. The molecular formula is C9H16O3. The minimum Gasteiger partial charge on any atom is -0.396 e. The normalized spacial score (nSPS) is 30.1. The Morgan fingerprint density at radius 3 is 2.75 bits per heavy atom. The SMILES string of the molecule is C=C[C@@H](CO)[C@H]1COC(C)(C)O1. The largest absolute Gasteiger partial charge is 0.396 e. The van der Waals surface area contributed by atoms with E-state index >= 15 is 0 Å². The van der Waals surface area contributed by atoms with E-state index in [9.17, 15) is 0 Å². The summed E-state index contributed by atoms with van der Waals surface area (Å²) >= 11 is 0. The monoisotopic (exact) mass is 172 g/mol. The molecule has 1 aliphatic rings. The molecule has 0 aliphatic carbocycles. The van der Waals surface area contributed by atoms with E-state index in [0.29, 0.717) is 6.61 Å². The molecule has 1 aliphatic heterocycles. The van der Waals surface area contributed by atoms with Crippen LogP contribution in [0.3, 0.4) is 0 Å². The van der Waals surface area contributed by atoms with Gasteiger partial charge in [0.2, 0.25) is 0 Å². The van der Waals surface area contributed by atoms with Crippen LogP contribution in [0.5, 0.6) is 0 Å². The first-order chi connectivity index (χ1) is 5.59. The van der Waals surface area contributed by atoms with Gasteiger partial charge in [0.15, 0.2) is 5.79 Å². The van der Waals surface area contributed by atoms with Crippen LogP contribution >= 0.6 is 0 Å². The lowest BCUT2D eigenvalue weighted by Gasteiger charge is -2.20. The first-order valence-corrected chi connectivity index (χ1v) is 4.14. The summed E-state index contributed by atoms with van der Waals surface area (Å²) in [4.78, 5) is 0. The lowest BCUT2D eigenvalue weighted by atomic mass is 10.1. The Balaban J connectivity index is 2.50. The maximum atomic E-state index is 8.95. The average molecular weight is 172 g/mol. The smallest absolute Gasteiger partial charge is 0.163 e. The van der Waals surface area contributed by atoms with Crippen LogP contribution in [0.1, 0.15) is 13.8 Å². The number of ether oxygens (including phenoxy) is 2. The molecule has 0 amide bonds. The van der Waals surface area contributed by atoms with Crippen LogP contribution in [-0.2, 0) is 9.47 Å². The summed E-state index contributed by atoms with van der Waals surface area (Å²) in [6.45, 7) is 7.95. The van der Waals surface area contributed by atoms with Crippen molar-refractivity contribution in [2.75, 3.05) is 13.2 Å². The van der Waals surface area contributed by atoms with Gasteiger partial charge in [0.25, 0.3) is 0 Å². The van der Waals surface area contributed by atoms with Gasteiger partial charge in [0.1, 0.15) is 0 Å². The zero-order chi connectivity index (χ0) is 9.19. The summed E-state index contributed by atoms with van der Waals surface area (Å²) in [6, 6.07) is 0. The van der Waals surface area contributed by atoms with Crippen LogP contribution in [0.15, 0.2) is 12.7 Å². The highest BCUT2D eigenvalue weighted by Gasteiger charge is 2.35. The van der Waals surface area contributed by atoms with Gasteiger partial charge < -0.3 is 14.6 Å². The summed E-state index contributed by atoms with van der Waals surface area (Å²) < 4.78 is 10.9. The van der Waals surface area contributed by atoms with Crippen molar-refractivity contribution in [1.29, 1.82) is 0 Å². The Hall–Kier alpha value is -0.380. The second-order valence-electron chi connectivity index (χ2n) is 3.45. The average Bonchev–Trinajstić information content (AvgIpc) is 2.34. The van der Waals surface area contributed by atoms with E-state index in [1.165, 1.54) is 0 Å². The van der Waals surface area contributed by atoms with Gasteiger partial charge in [-0.05, 0) is 13.8 Å². The van der Waals surface area contributed by atoms with Crippen LogP contribution in [0.25, 0.3) is 0 Å². The third kappa shape index (κ3) is 2.06. The molecule has 0 spiro atoms. The fraction of sp³-hybridized carbons (Fsp3) is 0.778. The summed E-state index contributed by atoms with van der Waals surface area (Å²) in [5.41, 5.74) is 0. The first-order valence-electron chi connectivity index (χ1n) is 4.14. The number of hydrogen-bond acceptors (Lipinski definition) is 3. The quantitative estimate of drug-likeness (QED) is 0.644. The molecule has 0 unspecified atom stereocenters. The molecule has 1 heterocycles. The Morgan fingerprint density at radius 2 is 2.42 bits per heavy atom. The molecule has 1 N–H and O–H groups in total. The van der Waals surface area contributed by atoms with E-state index in [1.807, 2.05) is 13.8 Å². The van der Waals surface area contributed by atoms with Crippen molar-refractivity contribution in [3.8, 4) is 0 Å². The molecule has 0 radical (unpaired) electrons. The molecule has 3 nitrogen and oxygen atoms in total. The van der Waals surface area contributed by atoms with Crippen molar-refractivity contribution in [2.45, 2.75) is 25.7 Å². The second kappa shape index (κ2) is 3.56. The fourth-order valence-electron chi connectivity index (χ4n) is 1.27. The van der Waals surface area contributed by atoms with Crippen LogP contribution in [0, 0.1) is 5.92 Å². The topological polar surface area (TPSA) is 38.7 Å². The van der Waals surface area contributed by atoms with Crippen molar-refractivity contribution in [1.82, 2.24) is 0 Å². The molecule has 1 saturated heterocycles. The number of aliphatic hydroxyl groups is 1. The van der Waals surface area contributed by atoms with Crippen LogP contribution in [-0.4, -0.2) is 30.2 Å². The van der Waals surface area contributed by atoms with Crippen molar-refractivity contribution >= 4 is 0 Å². The minimum absolute atomic E-state index is 0.0215. The third-order valence-electron chi connectivity index (χ3n) is 2.02. The zero-order valence-corrected chi connectivity index (χ0v) is 7.62. The van der Waals surface area contributed by atoms with Gasteiger partial charge in [0, 0.05) is 5.92 Å². The van der Waals surface area contributed by atoms with Crippen molar-refractivity contribution in [3.63, 3.8) is 0 Å². The Morgan fingerprint density at radius 1 is 1.75 bits per heavy atom. The lowest BCUT2D eigenvalue weighted by molar-refractivity contribution is -0.143. The maximum Gasteiger partial charge on any atom is 0.163 e. The van der Waals surface area contributed by atoms with E-state index < -0.39 is 5.79 Å². The summed E-state index contributed by atoms with van der Waals surface area (Å²) in [6.07, 6.45) is 1.65. The van der Waals surface area contributed by atoms with E-state index in [-0.39, 0.29) is 18.6 Å². The highest BCUT2D eigenvalue weighted by atomic mass is 16.7. The molecule has 0 saturated carbocycles. The van der Waals surface area contributed by atoms with Gasteiger partial charge >= 0.3 is 0 Å². The highest BCUT2D eigenvalue weighted by Crippen LogP contribution is 2.26. The molecule has 70 valence electrons. The molecule has 3 heteroatoms. The van der Waals surface area contributed by atoms with E-state index in [1.54, 1.807) is 6.08 Å². The first kappa shape index (κ1) is 9.71. The van der Waals surface area contributed by atoms with Crippen molar-refractivity contribution < 1.29 is 14.6 Å². The number of aliphatic hydroxyl groups excluding tert-OH is 1. The second-order valence-corrected chi connectivity index (χ2v) is 3.45. The molecular weight excluding hydrogens is 156 g/mol. The highest BCUT2D eigenvalue weighted by molar-refractivity contribution is 4.88. The van der Waals surface area contributed by atoms with Crippen molar-refractivity contribution in [3.05, 3.63) is 12.7 Å². The van der Waals surface area contributed by atoms with E-state index in [0.717, 1.165) is 0 Å². The summed E-state index contributed by atoms with van der Waals surface area (Å²) in [5.74, 6) is -0.534. The van der Waals surface area contributed by atoms with Crippen LogP contribution in [0.4, 0.5) is 0 Å². The molecule has 0 aromatic heterocycles.